The molecule has 2 aliphatic rings. The van der Waals surface area contributed by atoms with Gasteiger partial charge in [-0.15, -0.1) is 10.2 Å². The van der Waals surface area contributed by atoms with E-state index in [0.717, 1.165) is 37.6 Å². The second-order valence-corrected chi connectivity index (χ2v) is 10.4. The number of rotatable bonds is 4. The molecular weight excluding hydrogens is 379 g/mol. The number of hydrogen-bond acceptors (Lipinski definition) is 4. The fourth-order valence-electron chi connectivity index (χ4n) is 4.90. The lowest BCUT2D eigenvalue weighted by Crippen LogP contribution is -2.34. The highest BCUT2D eigenvalue weighted by atomic mass is 32.2. The number of sulfonamides is 1. The molecule has 1 aliphatic carbocycles. The van der Waals surface area contributed by atoms with Crippen LogP contribution in [0.5, 0.6) is 0 Å². The van der Waals surface area contributed by atoms with Crippen LogP contribution in [0.1, 0.15) is 63.7 Å². The van der Waals surface area contributed by atoms with Crippen LogP contribution in [-0.2, 0) is 10.0 Å². The zero-order chi connectivity index (χ0) is 19.9. The quantitative estimate of drug-likeness (QED) is 0.776. The third kappa shape index (κ3) is 3.26. The van der Waals surface area contributed by atoms with E-state index in [2.05, 4.69) is 28.6 Å². The van der Waals surface area contributed by atoms with Crippen molar-refractivity contribution in [3.05, 3.63) is 42.2 Å². The van der Waals surface area contributed by atoms with E-state index in [1.807, 2.05) is 0 Å². The number of nitrogens with zero attached hydrogens (tertiary/aromatic N) is 4. The summed E-state index contributed by atoms with van der Waals surface area (Å²) in [5, 5.41) is 8.52. The van der Waals surface area contributed by atoms with Crippen molar-refractivity contribution in [1.29, 1.82) is 0 Å². The highest BCUT2D eigenvalue weighted by Crippen LogP contribution is 2.52. The summed E-state index contributed by atoms with van der Waals surface area (Å²) in [4.78, 5) is 0.0180. The van der Waals surface area contributed by atoms with E-state index in [0.29, 0.717) is 13.1 Å². The van der Waals surface area contributed by atoms with Gasteiger partial charge in [-0.1, -0.05) is 25.3 Å². The van der Waals surface area contributed by atoms with Crippen LogP contribution in [0.3, 0.4) is 0 Å². The lowest BCUT2D eigenvalue weighted by molar-refractivity contribution is 0.175. The Morgan fingerprint density at radius 2 is 1.96 bits per heavy atom. The third-order valence-corrected chi connectivity index (χ3v) is 8.18. The summed E-state index contributed by atoms with van der Waals surface area (Å²) in [5.41, 5.74) is -0.127. The van der Waals surface area contributed by atoms with Crippen LogP contribution in [0, 0.1) is 11.2 Å². The van der Waals surface area contributed by atoms with Crippen LogP contribution >= 0.6 is 0 Å². The van der Waals surface area contributed by atoms with Gasteiger partial charge in [-0.2, -0.15) is 4.31 Å². The predicted octanol–water partition coefficient (Wildman–Crippen LogP) is 3.74. The van der Waals surface area contributed by atoms with Crippen molar-refractivity contribution in [2.75, 3.05) is 13.1 Å². The lowest BCUT2D eigenvalue weighted by Gasteiger charge is -2.38. The highest BCUT2D eigenvalue weighted by molar-refractivity contribution is 7.89. The topological polar surface area (TPSA) is 68.1 Å². The Labute approximate surface area is 165 Å². The van der Waals surface area contributed by atoms with Crippen molar-refractivity contribution in [2.45, 2.75) is 62.8 Å². The van der Waals surface area contributed by atoms with E-state index in [9.17, 15) is 12.8 Å². The van der Waals surface area contributed by atoms with Gasteiger partial charge in [-0.3, -0.25) is 0 Å². The minimum Gasteiger partial charge on any atom is -0.315 e. The first-order chi connectivity index (χ1) is 13.3. The molecule has 0 radical (unpaired) electrons. The lowest BCUT2D eigenvalue weighted by atomic mass is 9.67. The smallest absolute Gasteiger partial charge is 0.243 e. The van der Waals surface area contributed by atoms with E-state index in [1.165, 1.54) is 28.9 Å². The van der Waals surface area contributed by atoms with Gasteiger partial charge in [0.25, 0.3) is 0 Å². The molecule has 2 fully saturated rings. The van der Waals surface area contributed by atoms with Crippen LogP contribution < -0.4 is 0 Å². The monoisotopic (exact) mass is 406 g/mol. The molecule has 1 spiro atoms. The molecular formula is C20H27FN4O2S. The molecule has 1 atom stereocenters. The molecule has 6 nitrogen and oxygen atoms in total. The minimum absolute atomic E-state index is 0.000958. The summed E-state index contributed by atoms with van der Waals surface area (Å²) < 4.78 is 43.8. The van der Waals surface area contributed by atoms with Crippen LogP contribution in [0.4, 0.5) is 4.39 Å². The fourth-order valence-corrected chi connectivity index (χ4v) is 6.48. The molecule has 2 aromatic rings. The average molecular weight is 407 g/mol. The molecule has 8 heteroatoms. The number of halogens is 1. The zero-order valence-corrected chi connectivity index (χ0v) is 17.2. The molecule has 0 bridgehead atoms. The molecule has 1 aromatic carbocycles. The van der Waals surface area contributed by atoms with Gasteiger partial charge in [0.1, 0.15) is 18.0 Å². The SMILES string of the molecule is CC(C)n1cnnc1C1CN(S(=O)(=O)c2cccc(F)c2)CC12CCCCC2. The molecule has 0 N–H and O–H groups in total. The van der Waals surface area contributed by atoms with Gasteiger partial charge in [-0.05, 0) is 50.3 Å². The van der Waals surface area contributed by atoms with Gasteiger partial charge < -0.3 is 4.57 Å². The maximum atomic E-state index is 13.7. The van der Waals surface area contributed by atoms with E-state index >= 15 is 0 Å². The van der Waals surface area contributed by atoms with Crippen LogP contribution in [0.25, 0.3) is 0 Å². The van der Waals surface area contributed by atoms with Gasteiger partial charge in [0, 0.05) is 25.0 Å². The number of benzene rings is 1. The predicted molar refractivity (Wildman–Crippen MR) is 104 cm³/mol. The summed E-state index contributed by atoms with van der Waals surface area (Å²) in [6.07, 6.45) is 7.08. The molecule has 0 amide bonds. The van der Waals surface area contributed by atoms with Crippen LogP contribution in [0.15, 0.2) is 35.5 Å². The summed E-state index contributed by atoms with van der Waals surface area (Å²) >= 11 is 0. The summed E-state index contributed by atoms with van der Waals surface area (Å²) in [5.74, 6) is 0.332. The first-order valence-corrected chi connectivity index (χ1v) is 11.4. The summed E-state index contributed by atoms with van der Waals surface area (Å²) in [6, 6.07) is 5.49. The Morgan fingerprint density at radius 3 is 2.64 bits per heavy atom. The largest absolute Gasteiger partial charge is 0.315 e. The van der Waals surface area contributed by atoms with Crippen molar-refractivity contribution in [3.63, 3.8) is 0 Å². The van der Waals surface area contributed by atoms with Gasteiger partial charge in [-0.25, -0.2) is 12.8 Å². The maximum Gasteiger partial charge on any atom is 0.243 e. The number of aromatic nitrogens is 3. The number of hydrogen-bond donors (Lipinski definition) is 0. The first-order valence-electron chi connectivity index (χ1n) is 9.99. The highest BCUT2D eigenvalue weighted by Gasteiger charge is 2.52. The summed E-state index contributed by atoms with van der Waals surface area (Å²) in [6.45, 7) is 4.99. The Balaban J connectivity index is 1.74. The Kier molecular flexibility index (Phi) is 5.03. The molecule has 4 rings (SSSR count). The van der Waals surface area contributed by atoms with Crippen molar-refractivity contribution >= 4 is 10.0 Å². The zero-order valence-electron chi connectivity index (χ0n) is 16.4. The molecule has 1 unspecified atom stereocenters. The van der Waals surface area contributed by atoms with Gasteiger partial charge in [0.05, 0.1) is 4.90 Å². The molecule has 1 saturated heterocycles. The van der Waals surface area contributed by atoms with Crippen LogP contribution in [0.2, 0.25) is 0 Å². The standard InChI is InChI=1S/C20H27FN4O2S/c1-15(2)25-14-22-23-19(25)18-12-24(13-20(18)9-4-3-5-10-20)28(26,27)17-8-6-7-16(21)11-17/h6-8,11,14-15,18H,3-5,9-10,12-13H2,1-2H3. The molecule has 1 aromatic heterocycles. The normalized spacial score (nSPS) is 22.9. The molecule has 152 valence electrons. The Morgan fingerprint density at radius 1 is 1.21 bits per heavy atom. The fraction of sp³-hybridized carbons (Fsp3) is 0.600. The molecule has 2 heterocycles. The van der Waals surface area contributed by atoms with Gasteiger partial charge in [0.15, 0.2) is 0 Å². The van der Waals surface area contributed by atoms with E-state index < -0.39 is 15.8 Å². The first kappa shape index (κ1) is 19.5. The van der Waals surface area contributed by atoms with E-state index in [1.54, 1.807) is 6.33 Å². The molecule has 28 heavy (non-hydrogen) atoms. The molecule has 1 saturated carbocycles. The molecule has 1 aliphatic heterocycles. The Hall–Kier alpha value is -1.80. The Bertz CT molecular complexity index is 951. The third-order valence-electron chi connectivity index (χ3n) is 6.37. The van der Waals surface area contributed by atoms with E-state index in [4.69, 9.17) is 0 Å². The van der Waals surface area contributed by atoms with E-state index in [-0.39, 0.29) is 22.3 Å². The average Bonchev–Trinajstić information content (AvgIpc) is 3.28. The second-order valence-electron chi connectivity index (χ2n) is 8.42. The van der Waals surface area contributed by atoms with Gasteiger partial charge >= 0.3 is 0 Å². The van der Waals surface area contributed by atoms with Crippen molar-refractivity contribution in [3.8, 4) is 0 Å². The minimum atomic E-state index is -3.76. The second kappa shape index (κ2) is 7.22. The van der Waals surface area contributed by atoms with Crippen molar-refractivity contribution < 1.29 is 12.8 Å². The maximum absolute atomic E-state index is 13.7. The van der Waals surface area contributed by atoms with Gasteiger partial charge in [0.2, 0.25) is 10.0 Å². The summed E-state index contributed by atoms with van der Waals surface area (Å²) in [7, 11) is -3.76. The van der Waals surface area contributed by atoms with Crippen molar-refractivity contribution in [1.82, 2.24) is 19.1 Å². The van der Waals surface area contributed by atoms with Crippen molar-refractivity contribution in [2.24, 2.45) is 5.41 Å². The van der Waals surface area contributed by atoms with Crippen LogP contribution in [-0.4, -0.2) is 40.6 Å².